The van der Waals surface area contributed by atoms with Crippen molar-refractivity contribution in [2.45, 2.75) is 58.4 Å². The molecule has 0 saturated carbocycles. The second kappa shape index (κ2) is 10.00. The maximum Gasteiger partial charge on any atom is 0.305 e. The Balaban J connectivity index is 1.99. The van der Waals surface area contributed by atoms with Gasteiger partial charge in [0.05, 0.1) is 17.7 Å². The highest BCUT2D eigenvalue weighted by atomic mass is 16.7. The summed E-state index contributed by atoms with van der Waals surface area (Å²) in [5.74, 6) is -4.47. The summed E-state index contributed by atoms with van der Waals surface area (Å²) in [6, 6.07) is 6.18. The highest BCUT2D eigenvalue weighted by molar-refractivity contribution is 6.21. The smallest absolute Gasteiger partial charge is 0.305 e. The number of imide groups is 1. The predicted octanol–water partition coefficient (Wildman–Crippen LogP) is 0.366. The standard InChI is InChI=1S/C22H23NO11/c1-10(24)30-17-16(9-23-20(28)14-7-5-6-8-15(14)21(23)29)34-22(33-13(4)27)19(32-12(3)26)18(17)31-11(2)25/h5-8,16-19,22H,9H2,1-4H3/t16-,17+,18+,19-,22?/m1/s1. The quantitative estimate of drug-likeness (QED) is 0.317. The van der Waals surface area contributed by atoms with E-state index in [2.05, 4.69) is 0 Å². The van der Waals surface area contributed by atoms with Gasteiger partial charge >= 0.3 is 23.9 Å². The number of carbonyl (C=O) groups excluding carboxylic acids is 6. The zero-order valence-corrected chi connectivity index (χ0v) is 18.8. The van der Waals surface area contributed by atoms with Gasteiger partial charge in [0.15, 0.2) is 12.2 Å². The van der Waals surface area contributed by atoms with Crippen molar-refractivity contribution in [2.75, 3.05) is 6.54 Å². The Morgan fingerprint density at radius 2 is 1.18 bits per heavy atom. The average molecular weight is 477 g/mol. The number of nitrogens with zero attached hydrogens (tertiary/aromatic N) is 1. The van der Waals surface area contributed by atoms with E-state index >= 15 is 0 Å². The molecular weight excluding hydrogens is 454 g/mol. The Morgan fingerprint density at radius 1 is 0.735 bits per heavy atom. The van der Waals surface area contributed by atoms with Gasteiger partial charge in [0, 0.05) is 27.7 Å². The second-order valence-corrected chi connectivity index (χ2v) is 7.64. The van der Waals surface area contributed by atoms with E-state index in [-0.39, 0.29) is 11.1 Å². The molecule has 34 heavy (non-hydrogen) atoms. The SMILES string of the molecule is CC(=O)OC1O[C@H](CN2C(=O)c3ccccc3C2=O)[C@H](OC(C)=O)[C@H](OC(C)=O)[C@H]1OC(C)=O. The third-order valence-corrected chi connectivity index (χ3v) is 5.02. The first-order chi connectivity index (χ1) is 16.0. The van der Waals surface area contributed by atoms with Gasteiger partial charge < -0.3 is 23.7 Å². The average Bonchev–Trinajstić information content (AvgIpc) is 2.97. The normalized spacial score (nSPS) is 25.9. The lowest BCUT2D eigenvalue weighted by Crippen LogP contribution is -2.64. The number of rotatable bonds is 6. The minimum absolute atomic E-state index is 0.179. The summed E-state index contributed by atoms with van der Waals surface area (Å²) in [7, 11) is 0. The van der Waals surface area contributed by atoms with E-state index in [1.54, 1.807) is 12.1 Å². The van der Waals surface area contributed by atoms with E-state index in [1.165, 1.54) is 12.1 Å². The van der Waals surface area contributed by atoms with Gasteiger partial charge in [0.25, 0.3) is 11.8 Å². The number of carbonyl (C=O) groups is 6. The molecule has 2 aliphatic rings. The Bertz CT molecular complexity index is 1000. The van der Waals surface area contributed by atoms with Gasteiger partial charge in [-0.05, 0) is 12.1 Å². The minimum atomic E-state index is -1.59. The summed E-state index contributed by atoms with van der Waals surface area (Å²) in [5, 5.41) is 0. The van der Waals surface area contributed by atoms with Crippen LogP contribution in [0.15, 0.2) is 24.3 Å². The zero-order chi connectivity index (χ0) is 25.2. The fourth-order valence-corrected chi connectivity index (χ4v) is 3.85. The maximum atomic E-state index is 12.8. The topological polar surface area (TPSA) is 152 Å². The first kappa shape index (κ1) is 24.8. The molecule has 1 unspecified atom stereocenters. The molecule has 0 aromatic heterocycles. The monoisotopic (exact) mass is 477 g/mol. The van der Waals surface area contributed by atoms with Crippen molar-refractivity contribution in [1.29, 1.82) is 0 Å². The van der Waals surface area contributed by atoms with Crippen LogP contribution in [0.1, 0.15) is 48.4 Å². The Labute approximate surface area is 194 Å². The first-order valence-electron chi connectivity index (χ1n) is 10.3. The molecule has 0 N–H and O–H groups in total. The van der Waals surface area contributed by atoms with E-state index in [9.17, 15) is 28.8 Å². The van der Waals surface area contributed by atoms with Crippen LogP contribution in [-0.4, -0.2) is 77.8 Å². The Kier molecular flexibility index (Phi) is 7.30. The van der Waals surface area contributed by atoms with Crippen molar-refractivity contribution >= 4 is 35.7 Å². The second-order valence-electron chi connectivity index (χ2n) is 7.64. The summed E-state index contributed by atoms with van der Waals surface area (Å²) in [5.41, 5.74) is 0.358. The van der Waals surface area contributed by atoms with E-state index < -0.39 is 72.9 Å². The van der Waals surface area contributed by atoms with Crippen LogP contribution < -0.4 is 0 Å². The number of hydrogen-bond donors (Lipinski definition) is 0. The first-order valence-corrected chi connectivity index (χ1v) is 10.3. The molecule has 2 aliphatic heterocycles. The van der Waals surface area contributed by atoms with Gasteiger partial charge in [-0.3, -0.25) is 33.7 Å². The van der Waals surface area contributed by atoms with Gasteiger partial charge in [0.1, 0.15) is 6.10 Å². The van der Waals surface area contributed by atoms with Crippen LogP contribution in [0.3, 0.4) is 0 Å². The van der Waals surface area contributed by atoms with Crippen molar-refractivity contribution in [1.82, 2.24) is 4.90 Å². The number of ether oxygens (including phenoxy) is 5. The third kappa shape index (κ3) is 5.22. The molecule has 1 fully saturated rings. The minimum Gasteiger partial charge on any atom is -0.456 e. The van der Waals surface area contributed by atoms with E-state index in [4.69, 9.17) is 23.7 Å². The van der Waals surface area contributed by atoms with Gasteiger partial charge in [-0.15, -0.1) is 0 Å². The number of benzene rings is 1. The van der Waals surface area contributed by atoms with Crippen LogP contribution in [0.2, 0.25) is 0 Å². The van der Waals surface area contributed by atoms with Crippen LogP contribution in [0.4, 0.5) is 0 Å². The van der Waals surface area contributed by atoms with Crippen LogP contribution in [0.5, 0.6) is 0 Å². The highest BCUT2D eigenvalue weighted by Gasteiger charge is 2.54. The van der Waals surface area contributed by atoms with E-state index in [1.807, 2.05) is 0 Å². The predicted molar refractivity (Wildman–Crippen MR) is 109 cm³/mol. The molecule has 0 bridgehead atoms. The summed E-state index contributed by atoms with van der Waals surface area (Å²) < 4.78 is 26.7. The van der Waals surface area contributed by atoms with Crippen LogP contribution >= 0.6 is 0 Å². The van der Waals surface area contributed by atoms with Crippen molar-refractivity contribution in [2.24, 2.45) is 0 Å². The molecule has 12 nitrogen and oxygen atoms in total. The molecule has 12 heteroatoms. The van der Waals surface area contributed by atoms with Crippen molar-refractivity contribution < 1.29 is 52.5 Å². The van der Waals surface area contributed by atoms with Crippen LogP contribution in [0, 0.1) is 0 Å². The zero-order valence-electron chi connectivity index (χ0n) is 18.8. The Hall–Kier alpha value is -3.80. The summed E-state index contributed by atoms with van der Waals surface area (Å²) in [4.78, 5) is 73.7. The number of amides is 2. The molecule has 5 atom stereocenters. The largest absolute Gasteiger partial charge is 0.456 e. The van der Waals surface area contributed by atoms with Gasteiger partial charge in [-0.1, -0.05) is 12.1 Å². The van der Waals surface area contributed by atoms with Gasteiger partial charge in [-0.2, -0.15) is 0 Å². The molecular formula is C22H23NO11. The summed E-state index contributed by atoms with van der Waals surface area (Å²) in [6.07, 6.45) is -7.26. The number of fused-ring (bicyclic) bond motifs is 1. The van der Waals surface area contributed by atoms with Crippen molar-refractivity contribution in [3.8, 4) is 0 Å². The fraction of sp³-hybridized carbons (Fsp3) is 0.455. The highest BCUT2D eigenvalue weighted by Crippen LogP contribution is 2.32. The van der Waals surface area contributed by atoms with Crippen molar-refractivity contribution in [3.63, 3.8) is 0 Å². The third-order valence-electron chi connectivity index (χ3n) is 5.02. The molecule has 1 aromatic rings. The van der Waals surface area contributed by atoms with Crippen molar-refractivity contribution in [3.05, 3.63) is 35.4 Å². The molecule has 182 valence electrons. The maximum absolute atomic E-state index is 12.8. The number of esters is 4. The molecule has 2 heterocycles. The lowest BCUT2D eigenvalue weighted by molar-refractivity contribution is -0.296. The fourth-order valence-electron chi connectivity index (χ4n) is 3.85. The molecule has 0 radical (unpaired) electrons. The van der Waals surface area contributed by atoms with Gasteiger partial charge in [-0.25, -0.2) is 0 Å². The summed E-state index contributed by atoms with van der Waals surface area (Å²) in [6.45, 7) is 3.87. The van der Waals surface area contributed by atoms with Crippen LogP contribution in [0.25, 0.3) is 0 Å². The van der Waals surface area contributed by atoms with Gasteiger partial charge in [0.2, 0.25) is 12.4 Å². The molecule has 1 saturated heterocycles. The van der Waals surface area contributed by atoms with E-state index in [0.29, 0.717) is 0 Å². The van der Waals surface area contributed by atoms with Crippen LogP contribution in [-0.2, 0) is 42.9 Å². The molecule has 0 spiro atoms. The molecule has 0 aliphatic carbocycles. The molecule has 3 rings (SSSR count). The molecule has 1 aromatic carbocycles. The Morgan fingerprint density at radius 3 is 1.65 bits per heavy atom. The molecule has 2 amide bonds. The number of hydrogen-bond acceptors (Lipinski definition) is 11. The lowest BCUT2D eigenvalue weighted by atomic mass is 9.97. The lowest BCUT2D eigenvalue weighted by Gasteiger charge is -2.44. The van der Waals surface area contributed by atoms with E-state index in [0.717, 1.165) is 32.6 Å². The summed E-state index contributed by atoms with van der Waals surface area (Å²) >= 11 is 0.